The van der Waals surface area contributed by atoms with Gasteiger partial charge in [0.25, 0.3) is 0 Å². The fraction of sp³-hybridized carbons (Fsp3) is 0.308. The van der Waals surface area contributed by atoms with Crippen molar-refractivity contribution in [2.75, 3.05) is 7.11 Å². The van der Waals surface area contributed by atoms with E-state index >= 15 is 0 Å². The molecule has 1 aromatic rings. The van der Waals surface area contributed by atoms with E-state index in [1.165, 1.54) is 4.90 Å². The van der Waals surface area contributed by atoms with Gasteiger partial charge in [0, 0.05) is 6.42 Å². The van der Waals surface area contributed by atoms with Crippen molar-refractivity contribution in [3.8, 4) is 5.75 Å². The Labute approximate surface area is 100 Å². The summed E-state index contributed by atoms with van der Waals surface area (Å²) in [7, 11) is 1.60. The SMILES string of the molecule is COc1ccc(CN2C(=O)[CH]CCC2=O)cc1. The Bertz CT molecular complexity index is 409. The summed E-state index contributed by atoms with van der Waals surface area (Å²) < 4.78 is 5.05. The largest absolute Gasteiger partial charge is 0.497 e. The van der Waals surface area contributed by atoms with Crippen LogP contribution >= 0.6 is 0 Å². The Morgan fingerprint density at radius 3 is 2.53 bits per heavy atom. The molecule has 0 unspecified atom stereocenters. The number of methoxy groups -OCH3 is 1. The summed E-state index contributed by atoms with van der Waals surface area (Å²) >= 11 is 0. The van der Waals surface area contributed by atoms with Crippen molar-refractivity contribution in [2.45, 2.75) is 19.4 Å². The lowest BCUT2D eigenvalue weighted by Crippen LogP contribution is -2.39. The van der Waals surface area contributed by atoms with E-state index in [4.69, 9.17) is 4.74 Å². The monoisotopic (exact) mass is 232 g/mol. The third kappa shape index (κ3) is 2.64. The number of imide groups is 1. The Hall–Kier alpha value is -1.84. The summed E-state index contributed by atoms with van der Waals surface area (Å²) in [6.07, 6.45) is 2.53. The van der Waals surface area contributed by atoms with Gasteiger partial charge < -0.3 is 4.74 Å². The Balaban J connectivity index is 2.08. The van der Waals surface area contributed by atoms with Gasteiger partial charge in [0.1, 0.15) is 5.75 Å². The lowest BCUT2D eigenvalue weighted by atomic mass is 10.1. The number of piperidine rings is 1. The highest BCUT2D eigenvalue weighted by Gasteiger charge is 2.25. The molecular weight excluding hydrogens is 218 g/mol. The number of amides is 2. The van der Waals surface area contributed by atoms with Crippen LogP contribution in [0, 0.1) is 6.42 Å². The van der Waals surface area contributed by atoms with E-state index in [0.717, 1.165) is 11.3 Å². The molecule has 1 aromatic carbocycles. The fourth-order valence-electron chi connectivity index (χ4n) is 1.77. The number of carbonyl (C=O) groups excluding carboxylic acids is 2. The second-order valence-electron chi connectivity index (χ2n) is 3.91. The number of rotatable bonds is 3. The van der Waals surface area contributed by atoms with Gasteiger partial charge in [0.2, 0.25) is 11.8 Å². The highest BCUT2D eigenvalue weighted by Crippen LogP contribution is 2.17. The molecule has 1 fully saturated rings. The van der Waals surface area contributed by atoms with E-state index in [1.807, 2.05) is 24.3 Å². The van der Waals surface area contributed by atoms with Gasteiger partial charge in [-0.25, -0.2) is 0 Å². The van der Waals surface area contributed by atoms with Crippen LogP contribution in [-0.4, -0.2) is 23.8 Å². The minimum Gasteiger partial charge on any atom is -0.497 e. The maximum Gasteiger partial charge on any atom is 0.233 e. The van der Waals surface area contributed by atoms with Crippen molar-refractivity contribution in [3.63, 3.8) is 0 Å². The molecule has 0 aromatic heterocycles. The van der Waals surface area contributed by atoms with E-state index in [-0.39, 0.29) is 11.8 Å². The van der Waals surface area contributed by atoms with Gasteiger partial charge in [-0.1, -0.05) is 12.1 Å². The maximum absolute atomic E-state index is 11.6. The quantitative estimate of drug-likeness (QED) is 0.743. The molecular formula is C13H14NO3. The van der Waals surface area contributed by atoms with E-state index in [0.29, 0.717) is 19.4 Å². The zero-order valence-electron chi connectivity index (χ0n) is 9.68. The highest BCUT2D eigenvalue weighted by atomic mass is 16.5. The van der Waals surface area contributed by atoms with Crippen LogP contribution in [-0.2, 0) is 16.1 Å². The van der Waals surface area contributed by atoms with Gasteiger partial charge in [0.15, 0.2) is 0 Å². The van der Waals surface area contributed by atoms with Crippen LogP contribution in [0.15, 0.2) is 24.3 Å². The summed E-state index contributed by atoms with van der Waals surface area (Å²) in [6, 6.07) is 7.35. The standard InChI is InChI=1S/C13H14NO3/c1-17-11-7-5-10(6-8-11)9-14-12(15)3-2-4-13(14)16/h3,5-8H,2,4,9H2,1H3. The lowest BCUT2D eigenvalue weighted by molar-refractivity contribution is -0.145. The van der Waals surface area contributed by atoms with Gasteiger partial charge >= 0.3 is 0 Å². The number of nitrogens with zero attached hydrogens (tertiary/aromatic N) is 1. The summed E-state index contributed by atoms with van der Waals surface area (Å²) in [5.74, 6) is 0.460. The van der Waals surface area contributed by atoms with Gasteiger partial charge in [-0.15, -0.1) is 0 Å². The molecule has 0 bridgehead atoms. The van der Waals surface area contributed by atoms with E-state index in [2.05, 4.69) is 0 Å². The first-order valence-corrected chi connectivity index (χ1v) is 5.51. The van der Waals surface area contributed by atoms with E-state index in [9.17, 15) is 9.59 Å². The van der Waals surface area contributed by atoms with Gasteiger partial charge in [-0.2, -0.15) is 0 Å². The average molecular weight is 232 g/mol. The van der Waals surface area contributed by atoms with Crippen LogP contribution < -0.4 is 4.74 Å². The van der Waals surface area contributed by atoms with Crippen molar-refractivity contribution in [2.24, 2.45) is 0 Å². The Morgan fingerprint density at radius 1 is 1.24 bits per heavy atom. The first-order valence-electron chi connectivity index (χ1n) is 5.51. The number of ether oxygens (including phenoxy) is 1. The molecule has 1 radical (unpaired) electrons. The van der Waals surface area contributed by atoms with Crippen molar-refractivity contribution < 1.29 is 14.3 Å². The van der Waals surface area contributed by atoms with Crippen LogP contribution in [0.4, 0.5) is 0 Å². The summed E-state index contributed by atoms with van der Waals surface area (Å²) in [6.45, 7) is 0.332. The molecule has 2 amide bonds. The van der Waals surface area contributed by atoms with Crippen LogP contribution in [0.5, 0.6) is 5.75 Å². The van der Waals surface area contributed by atoms with Crippen molar-refractivity contribution in [3.05, 3.63) is 36.2 Å². The zero-order valence-corrected chi connectivity index (χ0v) is 9.68. The molecule has 4 nitrogen and oxygen atoms in total. The van der Waals surface area contributed by atoms with Crippen molar-refractivity contribution in [1.29, 1.82) is 0 Å². The molecule has 1 saturated heterocycles. The average Bonchev–Trinajstić information content (AvgIpc) is 2.35. The molecule has 0 N–H and O–H groups in total. The summed E-state index contributed by atoms with van der Waals surface area (Å²) in [5, 5.41) is 0. The number of carbonyl (C=O) groups is 2. The predicted octanol–water partition coefficient (Wildman–Crippen LogP) is 1.55. The molecule has 0 atom stereocenters. The molecule has 0 aliphatic carbocycles. The molecule has 4 heteroatoms. The minimum absolute atomic E-state index is 0.103. The normalized spacial score (nSPS) is 16.2. The predicted molar refractivity (Wildman–Crippen MR) is 62.1 cm³/mol. The molecule has 1 heterocycles. The van der Waals surface area contributed by atoms with Crippen LogP contribution in [0.3, 0.4) is 0 Å². The van der Waals surface area contributed by atoms with Crippen LogP contribution in [0.1, 0.15) is 18.4 Å². The number of benzene rings is 1. The molecule has 1 aliphatic rings. The first kappa shape index (κ1) is 11.6. The summed E-state index contributed by atoms with van der Waals surface area (Å²) in [5.41, 5.74) is 0.919. The number of hydrogen-bond donors (Lipinski definition) is 0. The number of likely N-dealkylation sites (tertiary alicyclic amines) is 1. The number of hydrogen-bond acceptors (Lipinski definition) is 3. The molecule has 0 saturated carbocycles. The van der Waals surface area contributed by atoms with Gasteiger partial charge in [-0.05, 0) is 24.1 Å². The third-order valence-electron chi connectivity index (χ3n) is 2.74. The minimum atomic E-state index is -0.197. The zero-order chi connectivity index (χ0) is 12.3. The third-order valence-corrected chi connectivity index (χ3v) is 2.74. The molecule has 2 rings (SSSR count). The second kappa shape index (κ2) is 4.99. The van der Waals surface area contributed by atoms with Crippen LogP contribution in [0.25, 0.3) is 0 Å². The fourth-order valence-corrected chi connectivity index (χ4v) is 1.77. The van der Waals surface area contributed by atoms with E-state index < -0.39 is 0 Å². The maximum atomic E-state index is 11.6. The van der Waals surface area contributed by atoms with Crippen LogP contribution in [0.2, 0.25) is 0 Å². The molecule has 17 heavy (non-hydrogen) atoms. The second-order valence-corrected chi connectivity index (χ2v) is 3.91. The Morgan fingerprint density at radius 2 is 1.94 bits per heavy atom. The smallest absolute Gasteiger partial charge is 0.233 e. The molecule has 0 spiro atoms. The van der Waals surface area contributed by atoms with Gasteiger partial charge in [-0.3, -0.25) is 14.5 Å². The van der Waals surface area contributed by atoms with Gasteiger partial charge in [0.05, 0.1) is 20.1 Å². The summed E-state index contributed by atoms with van der Waals surface area (Å²) in [4.78, 5) is 24.4. The Kier molecular flexibility index (Phi) is 3.42. The topological polar surface area (TPSA) is 46.6 Å². The molecule has 89 valence electrons. The molecule has 1 aliphatic heterocycles. The van der Waals surface area contributed by atoms with E-state index in [1.54, 1.807) is 13.5 Å². The first-order chi connectivity index (χ1) is 8.20. The lowest BCUT2D eigenvalue weighted by Gasteiger charge is -2.24. The van der Waals surface area contributed by atoms with Crippen molar-refractivity contribution in [1.82, 2.24) is 4.90 Å². The highest BCUT2D eigenvalue weighted by molar-refractivity contribution is 6.01. The van der Waals surface area contributed by atoms with Crippen molar-refractivity contribution >= 4 is 11.8 Å².